The summed E-state index contributed by atoms with van der Waals surface area (Å²) in [4.78, 5) is 4.15. The van der Waals surface area contributed by atoms with Gasteiger partial charge in [0, 0.05) is 6.92 Å². The number of nitrogens with one attached hydrogen (secondary N) is 1. The molecule has 5 heteroatoms. The van der Waals surface area contributed by atoms with Gasteiger partial charge in [-0.1, -0.05) is 5.16 Å². The number of hydrogen-bond donors (Lipinski definition) is 1. The van der Waals surface area contributed by atoms with Crippen LogP contribution in [0.3, 0.4) is 0 Å². The van der Waals surface area contributed by atoms with E-state index in [1.165, 1.54) is 24.3 Å². The molecule has 0 spiro atoms. The fraction of sp³-hybridized carbons (Fsp3) is 0.800. The molecule has 4 nitrogen and oxygen atoms in total. The predicted octanol–water partition coefficient (Wildman–Crippen LogP) is 1.61. The second-order valence-electron chi connectivity index (χ2n) is 3.92. The molecule has 1 fully saturated rings. The van der Waals surface area contributed by atoms with Gasteiger partial charge in [-0.05, 0) is 36.8 Å². The van der Waals surface area contributed by atoms with E-state index in [0.717, 1.165) is 24.8 Å². The van der Waals surface area contributed by atoms with Gasteiger partial charge in [-0.15, -0.1) is 0 Å². The molecule has 15 heavy (non-hydrogen) atoms. The predicted molar refractivity (Wildman–Crippen MR) is 60.8 cm³/mol. The summed E-state index contributed by atoms with van der Waals surface area (Å²) in [6, 6.07) is 0. The molecule has 0 unspecified atom stereocenters. The molecule has 1 aliphatic rings. The molecule has 0 radical (unpaired) electrons. The van der Waals surface area contributed by atoms with Crippen molar-refractivity contribution in [3.8, 4) is 0 Å². The second-order valence-corrected chi connectivity index (χ2v) is 5.14. The van der Waals surface area contributed by atoms with Crippen molar-refractivity contribution in [3.63, 3.8) is 0 Å². The first-order valence-corrected chi connectivity index (χ1v) is 6.57. The average molecular weight is 227 g/mol. The summed E-state index contributed by atoms with van der Waals surface area (Å²) in [6.45, 7) is 3.62. The standard InChI is InChI=1S/C10H17N3OS/c1-8-12-10(13-14-8)7-11-6-9-2-4-15-5-3-9/h9,11H,2-7H2,1H3. The van der Waals surface area contributed by atoms with Gasteiger partial charge in [0.1, 0.15) is 0 Å². The average Bonchev–Trinajstić information content (AvgIpc) is 2.66. The van der Waals surface area contributed by atoms with Crippen LogP contribution >= 0.6 is 11.8 Å². The summed E-state index contributed by atoms with van der Waals surface area (Å²) in [7, 11) is 0. The zero-order valence-corrected chi connectivity index (χ0v) is 9.85. The topological polar surface area (TPSA) is 51.0 Å². The Labute approximate surface area is 94.2 Å². The van der Waals surface area contributed by atoms with Gasteiger partial charge in [0.25, 0.3) is 0 Å². The third kappa shape index (κ3) is 3.50. The lowest BCUT2D eigenvalue weighted by atomic mass is 10.0. The summed E-state index contributed by atoms with van der Waals surface area (Å²) >= 11 is 2.06. The highest BCUT2D eigenvalue weighted by atomic mass is 32.2. The first-order chi connectivity index (χ1) is 7.34. The summed E-state index contributed by atoms with van der Waals surface area (Å²) in [5.41, 5.74) is 0. The number of rotatable bonds is 4. The van der Waals surface area contributed by atoms with E-state index in [4.69, 9.17) is 4.52 Å². The molecule has 0 saturated carbocycles. The lowest BCUT2D eigenvalue weighted by Crippen LogP contribution is -2.25. The maximum absolute atomic E-state index is 4.90. The molecule has 1 saturated heterocycles. The van der Waals surface area contributed by atoms with Crippen LogP contribution in [-0.2, 0) is 6.54 Å². The van der Waals surface area contributed by atoms with E-state index in [9.17, 15) is 0 Å². The van der Waals surface area contributed by atoms with Crippen LogP contribution in [0.5, 0.6) is 0 Å². The minimum absolute atomic E-state index is 0.640. The fourth-order valence-corrected chi connectivity index (χ4v) is 2.96. The highest BCUT2D eigenvalue weighted by Gasteiger charge is 2.13. The maximum Gasteiger partial charge on any atom is 0.223 e. The maximum atomic E-state index is 4.90. The Bertz CT molecular complexity index is 297. The number of hydrogen-bond acceptors (Lipinski definition) is 5. The van der Waals surface area contributed by atoms with Crippen LogP contribution in [0.15, 0.2) is 4.52 Å². The molecule has 1 aromatic rings. The van der Waals surface area contributed by atoms with Crippen molar-refractivity contribution in [1.29, 1.82) is 0 Å². The number of aryl methyl sites for hydroxylation is 1. The van der Waals surface area contributed by atoms with E-state index < -0.39 is 0 Å². The fourth-order valence-electron chi connectivity index (χ4n) is 1.75. The van der Waals surface area contributed by atoms with E-state index in [0.29, 0.717) is 5.89 Å². The third-order valence-electron chi connectivity index (χ3n) is 2.63. The van der Waals surface area contributed by atoms with Crippen molar-refractivity contribution in [2.75, 3.05) is 18.1 Å². The summed E-state index contributed by atoms with van der Waals surface area (Å²) in [5, 5.41) is 7.24. The minimum atomic E-state index is 0.640. The lowest BCUT2D eigenvalue weighted by Gasteiger charge is -2.21. The van der Waals surface area contributed by atoms with E-state index in [1.54, 1.807) is 0 Å². The van der Waals surface area contributed by atoms with Crippen LogP contribution in [0.25, 0.3) is 0 Å². The van der Waals surface area contributed by atoms with E-state index >= 15 is 0 Å². The van der Waals surface area contributed by atoms with Crippen molar-refractivity contribution in [2.45, 2.75) is 26.3 Å². The summed E-state index contributed by atoms with van der Waals surface area (Å²) in [5.74, 6) is 4.86. The molecule has 2 rings (SSSR count). The Kier molecular flexibility index (Phi) is 4.02. The van der Waals surface area contributed by atoms with Gasteiger partial charge in [0.05, 0.1) is 6.54 Å². The Morgan fingerprint density at radius 3 is 2.93 bits per heavy atom. The molecule has 1 aromatic heterocycles. The smallest absolute Gasteiger partial charge is 0.223 e. The molecule has 0 amide bonds. The Balaban J connectivity index is 1.65. The molecule has 1 N–H and O–H groups in total. The monoisotopic (exact) mass is 227 g/mol. The highest BCUT2D eigenvalue weighted by Crippen LogP contribution is 2.21. The van der Waals surface area contributed by atoms with Gasteiger partial charge in [-0.2, -0.15) is 16.7 Å². The molecule has 2 heterocycles. The van der Waals surface area contributed by atoms with E-state index in [1.807, 2.05) is 6.92 Å². The van der Waals surface area contributed by atoms with Gasteiger partial charge >= 0.3 is 0 Å². The SMILES string of the molecule is Cc1nc(CNCC2CCSCC2)no1. The quantitative estimate of drug-likeness (QED) is 0.847. The van der Waals surface area contributed by atoms with E-state index in [-0.39, 0.29) is 0 Å². The van der Waals surface area contributed by atoms with Crippen molar-refractivity contribution in [3.05, 3.63) is 11.7 Å². The van der Waals surface area contributed by atoms with E-state index in [2.05, 4.69) is 27.2 Å². The molecule has 1 aliphatic heterocycles. The summed E-state index contributed by atoms with van der Waals surface area (Å²) < 4.78 is 4.90. The van der Waals surface area contributed by atoms with Crippen molar-refractivity contribution in [2.24, 2.45) is 5.92 Å². The minimum Gasteiger partial charge on any atom is -0.340 e. The van der Waals surface area contributed by atoms with Crippen molar-refractivity contribution >= 4 is 11.8 Å². The van der Waals surface area contributed by atoms with Crippen molar-refractivity contribution in [1.82, 2.24) is 15.5 Å². The van der Waals surface area contributed by atoms with Crippen LogP contribution in [0.1, 0.15) is 24.6 Å². The van der Waals surface area contributed by atoms with Gasteiger partial charge in [0.2, 0.25) is 5.89 Å². The third-order valence-corrected chi connectivity index (χ3v) is 3.68. The van der Waals surface area contributed by atoms with Crippen LogP contribution in [-0.4, -0.2) is 28.2 Å². The molecule has 0 aromatic carbocycles. The Hall–Kier alpha value is -0.550. The van der Waals surface area contributed by atoms with Gasteiger partial charge < -0.3 is 9.84 Å². The molecule has 0 aliphatic carbocycles. The lowest BCUT2D eigenvalue weighted by molar-refractivity contribution is 0.382. The van der Waals surface area contributed by atoms with Gasteiger partial charge in [-0.3, -0.25) is 0 Å². The molecule has 0 atom stereocenters. The zero-order valence-electron chi connectivity index (χ0n) is 9.03. The van der Waals surface area contributed by atoms with Crippen LogP contribution < -0.4 is 5.32 Å². The zero-order chi connectivity index (χ0) is 10.5. The summed E-state index contributed by atoms with van der Waals surface area (Å²) in [6.07, 6.45) is 2.67. The normalized spacial score (nSPS) is 18.2. The molecule has 84 valence electrons. The number of aromatic nitrogens is 2. The highest BCUT2D eigenvalue weighted by molar-refractivity contribution is 7.99. The molecule has 0 bridgehead atoms. The first kappa shape index (κ1) is 11.0. The van der Waals surface area contributed by atoms with Gasteiger partial charge in [-0.25, -0.2) is 0 Å². The number of nitrogens with zero attached hydrogens (tertiary/aromatic N) is 2. The molecular formula is C10H17N3OS. The first-order valence-electron chi connectivity index (χ1n) is 5.42. The second kappa shape index (κ2) is 5.51. The number of thioether (sulfide) groups is 1. The van der Waals surface area contributed by atoms with Crippen LogP contribution in [0.4, 0.5) is 0 Å². The Morgan fingerprint density at radius 1 is 1.47 bits per heavy atom. The van der Waals surface area contributed by atoms with Gasteiger partial charge in [0.15, 0.2) is 5.82 Å². The van der Waals surface area contributed by atoms with Crippen LogP contribution in [0, 0.1) is 12.8 Å². The van der Waals surface area contributed by atoms with Crippen LogP contribution in [0.2, 0.25) is 0 Å². The largest absolute Gasteiger partial charge is 0.340 e. The Morgan fingerprint density at radius 2 is 2.27 bits per heavy atom. The van der Waals surface area contributed by atoms with Crippen molar-refractivity contribution < 1.29 is 4.52 Å². The molecular weight excluding hydrogens is 210 g/mol.